The molecule has 0 heterocycles. The first-order valence-corrected chi connectivity index (χ1v) is 19.6. The van der Waals surface area contributed by atoms with Gasteiger partial charge in [-0.25, -0.2) is 0 Å². The van der Waals surface area contributed by atoms with E-state index in [2.05, 4.69) is 28.3 Å². The molecule has 2 aromatic carbocycles. The molecule has 4 saturated carbocycles. The van der Waals surface area contributed by atoms with Crippen LogP contribution in [0.15, 0.2) is 48.0 Å². The van der Waals surface area contributed by atoms with E-state index in [-0.39, 0.29) is 81.4 Å². The van der Waals surface area contributed by atoms with Crippen LogP contribution >= 0.6 is 0 Å². The van der Waals surface area contributed by atoms with E-state index in [1.807, 2.05) is 12.1 Å². The summed E-state index contributed by atoms with van der Waals surface area (Å²) in [6.45, 7) is 4.27. The van der Waals surface area contributed by atoms with E-state index < -0.39 is 20.8 Å². The number of ketones is 2. The number of benzene rings is 2. The molecule has 0 aromatic heterocycles. The number of Topliss-reactive ketones (excluding diaryl/α,β-unsaturated/α-hetero) is 2. The third-order valence-corrected chi connectivity index (χ3v) is 13.5. The molecule has 8 rings (SSSR count). The summed E-state index contributed by atoms with van der Waals surface area (Å²) in [5.41, 5.74) is 5.63. The molecule has 0 saturated heterocycles. The van der Waals surface area contributed by atoms with Gasteiger partial charge in [0.1, 0.15) is 23.1 Å². The van der Waals surface area contributed by atoms with Crippen LogP contribution < -0.4 is 8.37 Å². The Balaban J connectivity index is 0.000000187. The summed E-state index contributed by atoms with van der Waals surface area (Å²) < 4.78 is 70.3. The summed E-state index contributed by atoms with van der Waals surface area (Å²) in [5, 5.41) is 0. The van der Waals surface area contributed by atoms with Crippen molar-refractivity contribution in [1.29, 1.82) is 0 Å². The standard InChI is InChI=1S/C18H22O5S.C18H20O5S.2Na/c2*1-18-9-8-14-13-5-3-12(23-24(20,21)22)10-11(13)2-4-15(14)16(18)6-7-17(18)19;;/h3,5,10,14-16H,2,4,6-9H2,1H3,(H,20,21,22);3-5,10,14,16H,2,6-9H2,1H3,(H,20,21,22);;/t14-,15-,16+,18+;14-,16+,18+;;/m11../s1. The van der Waals surface area contributed by atoms with Crippen LogP contribution in [0.4, 0.5) is 0 Å². The van der Waals surface area contributed by atoms with Crippen LogP contribution in [0.1, 0.15) is 106 Å². The topological polar surface area (TPSA) is 161 Å². The molecule has 6 aliphatic rings. The van der Waals surface area contributed by atoms with Gasteiger partial charge in [0.15, 0.2) is 0 Å². The number of allylic oxidation sites excluding steroid dienone is 2. The summed E-state index contributed by atoms with van der Waals surface area (Å²) in [5.74, 6) is 3.22. The maximum Gasteiger partial charge on any atom is 0.446 e. The minimum Gasteiger partial charge on any atom is -0.362 e. The molecule has 50 heavy (non-hydrogen) atoms. The van der Waals surface area contributed by atoms with Gasteiger partial charge in [-0.3, -0.25) is 18.7 Å². The Hall–Kier alpha value is -1.06. The van der Waals surface area contributed by atoms with E-state index in [1.54, 1.807) is 24.3 Å². The molecule has 2 radical (unpaired) electrons. The predicted octanol–water partition coefficient (Wildman–Crippen LogP) is 5.75. The van der Waals surface area contributed by atoms with Gasteiger partial charge in [0.05, 0.1) is 0 Å². The van der Waals surface area contributed by atoms with Crippen LogP contribution in [-0.4, -0.2) is 96.6 Å². The quantitative estimate of drug-likeness (QED) is 0.224. The number of hydrogen-bond acceptors (Lipinski definition) is 8. The first-order valence-electron chi connectivity index (χ1n) is 16.9. The van der Waals surface area contributed by atoms with E-state index in [0.717, 1.165) is 68.9 Å². The second kappa shape index (κ2) is 14.6. The zero-order valence-electron chi connectivity index (χ0n) is 29.2. The Morgan fingerprint density at radius 1 is 0.700 bits per heavy atom. The Morgan fingerprint density at radius 3 is 1.94 bits per heavy atom. The molecule has 0 bridgehead atoms. The number of fused-ring (bicyclic) bond motifs is 10. The number of carbonyl (C=O) groups is 2. The largest absolute Gasteiger partial charge is 0.446 e. The number of rotatable bonds is 4. The predicted molar refractivity (Wildman–Crippen MR) is 188 cm³/mol. The molecular weight excluding hydrogens is 703 g/mol. The SMILES string of the molecule is C[C@]12CC[C@@H]3c4ccc(OS(=O)(=O)O)cc4CC[C@H]3[C@@H]1CCC2=O.C[C@]12CC[C@H]3C(=CCc4cc(OS(=O)(=O)O)ccc43)[C@@H]1CCC2=O.[Na].[Na]. The van der Waals surface area contributed by atoms with E-state index in [4.69, 9.17) is 9.11 Å². The van der Waals surface area contributed by atoms with Gasteiger partial charge in [0.25, 0.3) is 0 Å². The van der Waals surface area contributed by atoms with E-state index in [9.17, 15) is 26.4 Å². The van der Waals surface area contributed by atoms with Crippen LogP contribution in [0.3, 0.4) is 0 Å². The molecule has 0 spiro atoms. The summed E-state index contributed by atoms with van der Waals surface area (Å²) in [7, 11) is -9.00. The van der Waals surface area contributed by atoms with Crippen molar-refractivity contribution in [2.75, 3.05) is 0 Å². The van der Waals surface area contributed by atoms with Crippen molar-refractivity contribution in [1.82, 2.24) is 0 Å². The maximum atomic E-state index is 12.3. The van der Waals surface area contributed by atoms with Crippen molar-refractivity contribution in [2.45, 2.75) is 96.3 Å². The zero-order valence-corrected chi connectivity index (χ0v) is 34.8. The first kappa shape index (κ1) is 40.1. The average Bonchev–Trinajstić information content (AvgIpc) is 3.49. The fourth-order valence-corrected chi connectivity index (χ4v) is 11.1. The van der Waals surface area contributed by atoms with Crippen LogP contribution in [0.25, 0.3) is 0 Å². The molecule has 260 valence electrons. The Bertz CT molecular complexity index is 1940. The molecule has 6 aliphatic carbocycles. The van der Waals surface area contributed by atoms with Crippen molar-refractivity contribution in [3.05, 3.63) is 70.3 Å². The van der Waals surface area contributed by atoms with Crippen molar-refractivity contribution in [3.8, 4) is 11.5 Å². The van der Waals surface area contributed by atoms with Gasteiger partial charge in [0, 0.05) is 88.7 Å². The second-order valence-electron chi connectivity index (χ2n) is 15.0. The van der Waals surface area contributed by atoms with Gasteiger partial charge < -0.3 is 8.37 Å². The fraction of sp³-hybridized carbons (Fsp3) is 0.556. The molecule has 0 unspecified atom stereocenters. The smallest absolute Gasteiger partial charge is 0.362 e. The van der Waals surface area contributed by atoms with Gasteiger partial charge in [0.2, 0.25) is 0 Å². The van der Waals surface area contributed by atoms with E-state index in [0.29, 0.717) is 54.0 Å². The van der Waals surface area contributed by atoms with Gasteiger partial charge in [-0.15, -0.1) is 0 Å². The average molecular weight is 745 g/mol. The maximum absolute atomic E-state index is 12.3. The molecule has 14 heteroatoms. The zero-order chi connectivity index (χ0) is 34.2. The second-order valence-corrected chi connectivity index (χ2v) is 17.1. The normalized spacial score (nSPS) is 32.1. The molecule has 7 atom stereocenters. The number of aryl methyl sites for hydroxylation is 1. The third-order valence-electron chi connectivity index (χ3n) is 12.7. The summed E-state index contributed by atoms with van der Waals surface area (Å²) in [4.78, 5) is 24.6. The van der Waals surface area contributed by atoms with Crippen LogP contribution in [0.5, 0.6) is 11.5 Å². The third kappa shape index (κ3) is 7.50. The molecule has 2 N–H and O–H groups in total. The van der Waals surface area contributed by atoms with Crippen molar-refractivity contribution in [3.63, 3.8) is 0 Å². The Morgan fingerprint density at radius 2 is 1.28 bits per heavy atom. The van der Waals surface area contributed by atoms with E-state index >= 15 is 0 Å². The van der Waals surface area contributed by atoms with Gasteiger partial charge >= 0.3 is 20.8 Å². The monoisotopic (exact) mass is 744 g/mol. The van der Waals surface area contributed by atoms with Crippen LogP contribution in [0, 0.1) is 28.6 Å². The molecule has 0 amide bonds. The fourth-order valence-electron chi connectivity index (χ4n) is 10.4. The first-order chi connectivity index (χ1) is 22.6. The van der Waals surface area contributed by atoms with Crippen LogP contribution in [0.2, 0.25) is 0 Å². The van der Waals surface area contributed by atoms with Gasteiger partial charge in [-0.2, -0.15) is 16.8 Å². The van der Waals surface area contributed by atoms with Crippen LogP contribution in [-0.2, 0) is 43.2 Å². The van der Waals surface area contributed by atoms with Crippen molar-refractivity contribution < 1.29 is 43.9 Å². The summed E-state index contributed by atoms with van der Waals surface area (Å²) >= 11 is 0. The number of hydrogen-bond donors (Lipinski definition) is 2. The summed E-state index contributed by atoms with van der Waals surface area (Å²) in [6, 6.07) is 10.4. The molecule has 0 aliphatic heterocycles. The molecular formula is C36H42Na2O10S2. The Labute approximate surface area is 339 Å². The molecule has 2 aromatic rings. The minimum atomic E-state index is -4.51. The van der Waals surface area contributed by atoms with Gasteiger partial charge in [-0.05, 0) is 128 Å². The van der Waals surface area contributed by atoms with Crippen molar-refractivity contribution >= 4 is 91.5 Å². The molecule has 10 nitrogen and oxygen atoms in total. The Kier molecular flexibility index (Phi) is 11.8. The molecule has 4 fully saturated rings. The van der Waals surface area contributed by atoms with Gasteiger partial charge in [-0.1, -0.05) is 37.6 Å². The van der Waals surface area contributed by atoms with Crippen molar-refractivity contribution in [2.24, 2.45) is 28.6 Å². The summed E-state index contributed by atoms with van der Waals surface area (Å²) in [6.07, 6.45) is 12.0. The number of carbonyl (C=O) groups excluding carboxylic acids is 2. The minimum absolute atomic E-state index is 0. The van der Waals surface area contributed by atoms with E-state index in [1.165, 1.54) is 16.7 Å².